The van der Waals surface area contributed by atoms with Crippen LogP contribution in [0.5, 0.6) is 63.2 Å². The van der Waals surface area contributed by atoms with Crippen molar-refractivity contribution in [2.75, 3.05) is 69.8 Å². The summed E-state index contributed by atoms with van der Waals surface area (Å²) in [5, 5.41) is 9.99. The molecule has 1 N–H and O–H groups in total. The highest BCUT2D eigenvalue weighted by atomic mass is 16.5. The van der Waals surface area contributed by atoms with E-state index < -0.39 is 0 Å². The molecule has 0 saturated heterocycles. The Morgan fingerprint density at radius 2 is 1.27 bits per heavy atom. The molecule has 0 aliphatic carbocycles. The Morgan fingerprint density at radius 1 is 0.627 bits per heavy atom. The van der Waals surface area contributed by atoms with E-state index in [4.69, 9.17) is 37.9 Å². The number of aromatic hydroxyl groups is 1. The lowest BCUT2D eigenvalue weighted by Gasteiger charge is -2.37. The first-order valence-corrected chi connectivity index (χ1v) is 22.3. The first-order valence-electron chi connectivity index (χ1n) is 22.3. The lowest BCUT2D eigenvalue weighted by atomic mass is 9.87. The van der Waals surface area contributed by atoms with Crippen LogP contribution in [-0.4, -0.2) is 90.5 Å². The minimum Gasteiger partial charge on any atom is -0.507 e. The van der Waals surface area contributed by atoms with Crippen LogP contribution in [0.4, 0.5) is 0 Å². The van der Waals surface area contributed by atoms with Crippen LogP contribution in [0.2, 0.25) is 0 Å². The number of allylic oxidation sites excluding steroid dienone is 1. The fourth-order valence-electron chi connectivity index (χ4n) is 9.20. The molecule has 0 saturated carbocycles. The second kappa shape index (κ2) is 20.6. The van der Waals surface area contributed by atoms with Gasteiger partial charge in [0.05, 0.1) is 42.7 Å². The van der Waals surface area contributed by atoms with Crippen molar-refractivity contribution >= 4 is 11.9 Å². The van der Waals surface area contributed by atoms with Crippen molar-refractivity contribution in [1.82, 2.24) is 9.80 Å². The number of rotatable bonds is 9. The van der Waals surface area contributed by atoms with Crippen molar-refractivity contribution in [3.05, 3.63) is 154 Å². The van der Waals surface area contributed by atoms with Crippen LogP contribution in [0.3, 0.4) is 0 Å². The Hall–Kier alpha value is -7.15. The van der Waals surface area contributed by atoms with Crippen molar-refractivity contribution in [3.63, 3.8) is 0 Å². The Bertz CT molecular complexity index is 2750. The molecule has 67 heavy (non-hydrogen) atoms. The molecular weight excluding hydrogens is 849 g/mol. The average Bonchev–Trinajstić information content (AvgIpc) is 3.35. The first-order chi connectivity index (χ1) is 32.5. The number of ether oxygens (including phenoxy) is 8. The summed E-state index contributed by atoms with van der Waals surface area (Å²) in [5.74, 6) is 5.60. The number of carbonyl (C=O) groups is 1. The summed E-state index contributed by atoms with van der Waals surface area (Å²) in [5.41, 5.74) is 8.17. The summed E-state index contributed by atoms with van der Waals surface area (Å²) in [7, 11) is 14.0. The maximum Gasteiger partial charge on any atom is 0.204 e. The van der Waals surface area contributed by atoms with Gasteiger partial charge in [-0.2, -0.15) is 0 Å². The number of benzene rings is 6. The zero-order valence-corrected chi connectivity index (χ0v) is 39.4. The molecule has 2 atom stereocenters. The number of carbonyl (C=O) groups excluding carboxylic acids is 1. The number of phenolic OH excluding ortho intramolecular Hbond substituents is 1. The summed E-state index contributed by atoms with van der Waals surface area (Å²) in [6.07, 6.45) is 6.46. The minimum atomic E-state index is -0.337. The SMILES string of the molecule is COc1cc(O)c(C(=O)C=Cc2ccccc2)c(OC)c1.COc1ccc2cc1Oc1ccc(cc1)CC1c3cc(c(OC)cc3CCN1C)Oc1c(OC)c(OC)cc3c1C(C2)N(C)CC3. The van der Waals surface area contributed by atoms with Gasteiger partial charge in [0.1, 0.15) is 28.6 Å². The molecule has 12 nitrogen and oxygen atoms in total. The quantitative estimate of drug-likeness (QED) is 0.110. The van der Waals surface area contributed by atoms with Crippen LogP contribution in [0.1, 0.15) is 61.4 Å². The fraction of sp³-hybridized carbons (Fsp3) is 0.291. The van der Waals surface area contributed by atoms with E-state index in [0.29, 0.717) is 46.0 Å². The minimum absolute atomic E-state index is 0.000437. The van der Waals surface area contributed by atoms with Crippen molar-refractivity contribution < 1.29 is 47.8 Å². The van der Waals surface area contributed by atoms with Gasteiger partial charge in [-0.15, -0.1) is 0 Å². The fourth-order valence-corrected chi connectivity index (χ4v) is 9.20. The highest BCUT2D eigenvalue weighted by Gasteiger charge is 2.35. The summed E-state index contributed by atoms with van der Waals surface area (Å²) in [6.45, 7) is 1.86. The van der Waals surface area contributed by atoms with Gasteiger partial charge in [0, 0.05) is 42.9 Å². The average molecular weight is 907 g/mol. The Morgan fingerprint density at radius 3 is 1.96 bits per heavy atom. The molecule has 4 heterocycles. The molecule has 12 heteroatoms. The maximum atomic E-state index is 12.3. The second-order valence-corrected chi connectivity index (χ2v) is 16.8. The Balaban J connectivity index is 0.000000243. The number of ketones is 1. The standard InChI is InChI=1S/C38H42N2O6.C17H16O4/c1-39-15-13-25-20-32(42-4)34-22-28(25)29(39)17-23-7-10-27(11-8-23)45-33-19-24(9-12-31(33)41-3)18-30-36-26(14-16-40(30)2)21-35(43-5)37(44-6)38(36)46-34;1-20-13-10-15(19)17(16(11-13)21-2)14(18)9-8-12-6-4-3-5-7-12/h7-12,19-22,29-30H,13-18H2,1-6H3;3-11,19H,1-2H3. The Kier molecular flexibility index (Phi) is 14.2. The number of methoxy groups -OCH3 is 6. The smallest absolute Gasteiger partial charge is 0.204 e. The summed E-state index contributed by atoms with van der Waals surface area (Å²) >= 11 is 0. The Labute approximate surface area is 392 Å². The highest BCUT2D eigenvalue weighted by molar-refractivity contribution is 6.10. The summed E-state index contributed by atoms with van der Waals surface area (Å²) in [6, 6.07) is 33.6. The third-order valence-corrected chi connectivity index (χ3v) is 12.8. The van der Waals surface area contributed by atoms with Gasteiger partial charge < -0.3 is 43.0 Å². The number of fused-ring (bicyclic) bond motifs is 2. The van der Waals surface area contributed by atoms with Crippen molar-refractivity contribution in [3.8, 4) is 63.2 Å². The van der Waals surface area contributed by atoms with Crippen molar-refractivity contribution in [2.45, 2.75) is 37.8 Å². The van der Waals surface area contributed by atoms with E-state index in [1.165, 1.54) is 48.6 Å². The van der Waals surface area contributed by atoms with E-state index in [2.05, 4.69) is 66.4 Å². The molecule has 6 aromatic carbocycles. The molecule has 4 aliphatic heterocycles. The van der Waals surface area contributed by atoms with Crippen molar-refractivity contribution in [1.29, 1.82) is 0 Å². The third-order valence-electron chi connectivity index (χ3n) is 12.8. The van der Waals surface area contributed by atoms with E-state index in [9.17, 15) is 9.90 Å². The largest absolute Gasteiger partial charge is 0.507 e. The van der Waals surface area contributed by atoms with Gasteiger partial charge in [-0.1, -0.05) is 54.6 Å². The molecule has 348 valence electrons. The van der Waals surface area contributed by atoms with E-state index in [-0.39, 0.29) is 34.9 Å². The molecule has 0 radical (unpaired) electrons. The molecule has 0 spiro atoms. The lowest BCUT2D eigenvalue weighted by Crippen LogP contribution is -2.34. The number of likely N-dealkylation sites (N-methyl/N-ethyl adjacent to an activating group) is 2. The highest BCUT2D eigenvalue weighted by Crippen LogP contribution is 2.52. The second-order valence-electron chi connectivity index (χ2n) is 16.8. The number of phenols is 1. The molecule has 6 bridgehead atoms. The monoisotopic (exact) mass is 906 g/mol. The zero-order valence-electron chi connectivity index (χ0n) is 39.4. The molecule has 4 aliphatic rings. The van der Waals surface area contributed by atoms with E-state index in [1.54, 1.807) is 40.6 Å². The molecule has 10 rings (SSSR count). The van der Waals surface area contributed by atoms with Gasteiger partial charge in [-0.25, -0.2) is 0 Å². The normalized spacial score (nSPS) is 16.5. The summed E-state index contributed by atoms with van der Waals surface area (Å²) in [4.78, 5) is 17.1. The van der Waals surface area contributed by atoms with E-state index >= 15 is 0 Å². The number of nitrogens with zero attached hydrogens (tertiary/aromatic N) is 2. The molecule has 6 aromatic rings. The van der Waals surface area contributed by atoms with Crippen molar-refractivity contribution in [2.24, 2.45) is 0 Å². The molecular formula is C55H58N2O10. The predicted molar refractivity (Wildman–Crippen MR) is 259 cm³/mol. The van der Waals surface area contributed by atoms with E-state index in [0.717, 1.165) is 61.2 Å². The topological polar surface area (TPSA) is 118 Å². The van der Waals surface area contributed by atoms with Crippen LogP contribution < -0.4 is 37.9 Å². The lowest BCUT2D eigenvalue weighted by molar-refractivity contribution is 0.104. The van der Waals surface area contributed by atoms with Crippen LogP contribution in [0, 0.1) is 0 Å². The molecule has 0 amide bonds. The number of hydrogen-bond donors (Lipinski definition) is 1. The van der Waals surface area contributed by atoms with Gasteiger partial charge in [0.15, 0.2) is 40.3 Å². The van der Waals surface area contributed by atoms with Gasteiger partial charge >= 0.3 is 0 Å². The molecule has 0 aromatic heterocycles. The predicted octanol–water partition coefficient (Wildman–Crippen LogP) is 10.5. The zero-order chi connectivity index (χ0) is 47.2. The van der Waals surface area contributed by atoms with Gasteiger partial charge in [-0.3, -0.25) is 14.6 Å². The summed E-state index contributed by atoms with van der Waals surface area (Å²) < 4.78 is 47.3. The van der Waals surface area contributed by atoms with Gasteiger partial charge in [0.25, 0.3) is 0 Å². The van der Waals surface area contributed by atoms with Crippen LogP contribution in [-0.2, 0) is 25.7 Å². The number of hydrogen-bond acceptors (Lipinski definition) is 12. The van der Waals surface area contributed by atoms with Gasteiger partial charge in [0.2, 0.25) is 5.75 Å². The van der Waals surface area contributed by atoms with Crippen LogP contribution >= 0.6 is 0 Å². The first kappa shape index (κ1) is 46.4. The van der Waals surface area contributed by atoms with E-state index in [1.807, 2.05) is 48.5 Å². The maximum absolute atomic E-state index is 12.3. The van der Waals surface area contributed by atoms with Crippen LogP contribution in [0.15, 0.2) is 109 Å². The molecule has 2 unspecified atom stereocenters. The van der Waals surface area contributed by atoms with Crippen LogP contribution in [0.25, 0.3) is 6.08 Å². The third kappa shape index (κ3) is 9.87. The molecule has 0 fully saturated rings. The van der Waals surface area contributed by atoms with Gasteiger partial charge in [-0.05, 0) is 122 Å².